The molecule has 0 saturated heterocycles. The molecule has 0 aliphatic carbocycles. The molecule has 0 fully saturated rings. The molecule has 0 saturated carbocycles. The lowest BCUT2D eigenvalue weighted by atomic mass is 10.1. The number of hydrogen-bond acceptors (Lipinski definition) is 6. The molecular weight excluding hydrogens is 408 g/mol. The van der Waals surface area contributed by atoms with Crippen LogP contribution in [0.2, 0.25) is 5.02 Å². The summed E-state index contributed by atoms with van der Waals surface area (Å²) in [4.78, 5) is 11.6. The SMILES string of the molecule is CCCCc1c(C(=O)O)nnn1-c1cc2c(-c3ccc(Cl)cc3)onc2cc1OC. The number of benzene rings is 2. The standard InChI is InChI=1S/C21H19ClN4O4/c1-3-4-5-16-19(21(27)28)23-25-26(16)17-10-14-15(11-18(17)29-2)24-30-20(14)12-6-8-13(22)9-7-12/h6-11H,3-5H2,1-2H3,(H,27,28). The first-order valence-electron chi connectivity index (χ1n) is 9.45. The van der Waals surface area contributed by atoms with E-state index in [4.69, 9.17) is 20.9 Å². The predicted octanol–water partition coefficient (Wildman–Crippen LogP) is 4.78. The van der Waals surface area contributed by atoms with E-state index in [9.17, 15) is 9.90 Å². The van der Waals surface area contributed by atoms with Gasteiger partial charge in [-0.05, 0) is 43.2 Å². The summed E-state index contributed by atoms with van der Waals surface area (Å²) in [7, 11) is 1.53. The third-order valence-corrected chi connectivity index (χ3v) is 5.10. The van der Waals surface area contributed by atoms with Crippen LogP contribution in [0.15, 0.2) is 40.9 Å². The second kappa shape index (κ2) is 8.16. The molecule has 1 N–H and O–H groups in total. The van der Waals surface area contributed by atoms with Crippen LogP contribution in [0.3, 0.4) is 0 Å². The Morgan fingerprint density at radius 3 is 2.70 bits per heavy atom. The Morgan fingerprint density at radius 2 is 2.03 bits per heavy atom. The number of carbonyl (C=O) groups is 1. The van der Waals surface area contributed by atoms with Crippen molar-refractivity contribution in [2.45, 2.75) is 26.2 Å². The van der Waals surface area contributed by atoms with Crippen LogP contribution < -0.4 is 4.74 Å². The van der Waals surface area contributed by atoms with Gasteiger partial charge in [0.15, 0.2) is 11.5 Å². The zero-order valence-electron chi connectivity index (χ0n) is 16.4. The molecule has 4 rings (SSSR count). The fraction of sp³-hybridized carbons (Fsp3) is 0.238. The quantitative estimate of drug-likeness (QED) is 0.453. The van der Waals surface area contributed by atoms with E-state index >= 15 is 0 Å². The summed E-state index contributed by atoms with van der Waals surface area (Å²) in [6.45, 7) is 2.04. The van der Waals surface area contributed by atoms with Crippen molar-refractivity contribution in [3.05, 3.63) is 52.8 Å². The van der Waals surface area contributed by atoms with E-state index in [-0.39, 0.29) is 5.69 Å². The van der Waals surface area contributed by atoms with Gasteiger partial charge in [0.1, 0.15) is 17.0 Å². The van der Waals surface area contributed by atoms with Crippen LogP contribution in [0.5, 0.6) is 5.75 Å². The minimum absolute atomic E-state index is 0.0613. The van der Waals surface area contributed by atoms with Crippen LogP contribution in [0.4, 0.5) is 0 Å². The monoisotopic (exact) mass is 426 g/mol. The Balaban J connectivity index is 1.91. The van der Waals surface area contributed by atoms with Crippen LogP contribution in [-0.4, -0.2) is 38.3 Å². The van der Waals surface area contributed by atoms with Crippen molar-refractivity contribution in [1.82, 2.24) is 20.2 Å². The molecule has 0 bridgehead atoms. The summed E-state index contributed by atoms with van der Waals surface area (Å²) in [5.41, 5.74) is 2.44. The van der Waals surface area contributed by atoms with Crippen molar-refractivity contribution in [3.63, 3.8) is 0 Å². The van der Waals surface area contributed by atoms with Crippen LogP contribution >= 0.6 is 11.6 Å². The van der Waals surface area contributed by atoms with Crippen LogP contribution in [0, 0.1) is 0 Å². The molecule has 0 aliphatic heterocycles. The molecule has 0 spiro atoms. The van der Waals surface area contributed by atoms with Crippen LogP contribution in [0.1, 0.15) is 35.9 Å². The first kappa shape index (κ1) is 19.9. The zero-order valence-corrected chi connectivity index (χ0v) is 17.2. The molecule has 2 aromatic heterocycles. The molecule has 154 valence electrons. The summed E-state index contributed by atoms with van der Waals surface area (Å²) < 4.78 is 12.6. The van der Waals surface area contributed by atoms with Crippen molar-refractivity contribution < 1.29 is 19.2 Å². The van der Waals surface area contributed by atoms with Crippen molar-refractivity contribution in [1.29, 1.82) is 0 Å². The van der Waals surface area contributed by atoms with Gasteiger partial charge < -0.3 is 14.4 Å². The number of fused-ring (bicyclic) bond motifs is 1. The highest BCUT2D eigenvalue weighted by atomic mass is 35.5. The smallest absolute Gasteiger partial charge is 0.358 e. The van der Waals surface area contributed by atoms with Gasteiger partial charge in [-0.1, -0.05) is 35.3 Å². The van der Waals surface area contributed by atoms with E-state index in [2.05, 4.69) is 15.5 Å². The Labute approximate surface area is 177 Å². The number of rotatable bonds is 7. The number of carboxylic acids is 1. The number of carboxylic acid groups (broad SMARTS) is 1. The fourth-order valence-corrected chi connectivity index (χ4v) is 3.45. The van der Waals surface area contributed by atoms with Crippen molar-refractivity contribution in [2.24, 2.45) is 0 Å². The van der Waals surface area contributed by atoms with E-state index in [0.717, 1.165) is 23.8 Å². The minimum atomic E-state index is -1.11. The summed E-state index contributed by atoms with van der Waals surface area (Å²) >= 11 is 5.99. The van der Waals surface area contributed by atoms with Gasteiger partial charge in [0, 0.05) is 16.7 Å². The van der Waals surface area contributed by atoms with E-state index in [1.807, 2.05) is 25.1 Å². The average Bonchev–Trinajstić information content (AvgIpc) is 3.35. The van der Waals surface area contributed by atoms with Gasteiger partial charge in [0.2, 0.25) is 0 Å². The molecule has 4 aromatic rings. The maximum atomic E-state index is 11.6. The Morgan fingerprint density at radius 1 is 1.27 bits per heavy atom. The van der Waals surface area contributed by atoms with E-state index in [1.165, 1.54) is 11.8 Å². The van der Waals surface area contributed by atoms with Gasteiger partial charge in [-0.3, -0.25) is 0 Å². The first-order valence-corrected chi connectivity index (χ1v) is 9.82. The highest BCUT2D eigenvalue weighted by Gasteiger charge is 2.23. The molecule has 30 heavy (non-hydrogen) atoms. The number of methoxy groups -OCH3 is 1. The third kappa shape index (κ3) is 3.50. The van der Waals surface area contributed by atoms with Crippen molar-refractivity contribution >= 4 is 28.5 Å². The van der Waals surface area contributed by atoms with Gasteiger partial charge >= 0.3 is 5.97 Å². The van der Waals surface area contributed by atoms with Gasteiger partial charge in [0.05, 0.1) is 18.2 Å². The van der Waals surface area contributed by atoms with Crippen molar-refractivity contribution in [2.75, 3.05) is 7.11 Å². The van der Waals surface area contributed by atoms with Crippen LogP contribution in [-0.2, 0) is 6.42 Å². The predicted molar refractivity (Wildman–Crippen MR) is 111 cm³/mol. The third-order valence-electron chi connectivity index (χ3n) is 4.84. The first-order chi connectivity index (χ1) is 14.5. The molecule has 2 heterocycles. The Kier molecular flexibility index (Phi) is 5.41. The summed E-state index contributed by atoms with van der Waals surface area (Å²) in [5.74, 6) is -0.0588. The van der Waals surface area contributed by atoms with E-state index in [0.29, 0.717) is 39.9 Å². The normalized spacial score (nSPS) is 11.2. The van der Waals surface area contributed by atoms with E-state index < -0.39 is 5.97 Å². The maximum Gasteiger partial charge on any atom is 0.358 e. The van der Waals surface area contributed by atoms with E-state index in [1.54, 1.807) is 18.2 Å². The second-order valence-electron chi connectivity index (χ2n) is 6.77. The molecule has 0 amide bonds. The number of ether oxygens (including phenoxy) is 1. The lowest BCUT2D eigenvalue weighted by Crippen LogP contribution is -2.08. The summed E-state index contributed by atoms with van der Waals surface area (Å²) in [6.07, 6.45) is 2.24. The summed E-state index contributed by atoms with van der Waals surface area (Å²) in [6, 6.07) is 10.8. The number of unbranched alkanes of at least 4 members (excludes halogenated alkanes) is 1. The average molecular weight is 427 g/mol. The highest BCUT2D eigenvalue weighted by Crippen LogP contribution is 2.35. The Bertz CT molecular complexity index is 1210. The minimum Gasteiger partial charge on any atom is -0.494 e. The molecule has 8 nitrogen and oxygen atoms in total. The summed E-state index contributed by atoms with van der Waals surface area (Å²) in [5, 5.41) is 23.0. The zero-order chi connectivity index (χ0) is 21.3. The van der Waals surface area contributed by atoms with Gasteiger partial charge in [-0.15, -0.1) is 5.10 Å². The molecular formula is C21H19ClN4O4. The maximum absolute atomic E-state index is 11.6. The van der Waals surface area contributed by atoms with Crippen molar-refractivity contribution in [3.8, 4) is 22.8 Å². The lowest BCUT2D eigenvalue weighted by molar-refractivity contribution is 0.0689. The highest BCUT2D eigenvalue weighted by molar-refractivity contribution is 6.30. The van der Waals surface area contributed by atoms with Crippen LogP contribution in [0.25, 0.3) is 27.9 Å². The van der Waals surface area contributed by atoms with Gasteiger partial charge in [-0.25, -0.2) is 9.48 Å². The lowest BCUT2D eigenvalue weighted by Gasteiger charge is -2.11. The molecule has 9 heteroatoms. The second-order valence-corrected chi connectivity index (χ2v) is 7.20. The Hall–Kier alpha value is -3.39. The molecule has 0 aliphatic rings. The molecule has 2 aromatic carbocycles. The molecule has 0 radical (unpaired) electrons. The number of nitrogens with zero attached hydrogens (tertiary/aromatic N) is 4. The van der Waals surface area contributed by atoms with Gasteiger partial charge in [-0.2, -0.15) is 0 Å². The number of hydrogen-bond donors (Lipinski definition) is 1. The number of aromatic nitrogens is 4. The largest absolute Gasteiger partial charge is 0.494 e. The topological polar surface area (TPSA) is 103 Å². The molecule has 0 unspecified atom stereocenters. The number of aromatic carboxylic acids is 1. The number of halogens is 1. The molecule has 0 atom stereocenters. The fourth-order valence-electron chi connectivity index (χ4n) is 3.33. The van der Waals surface area contributed by atoms with Gasteiger partial charge in [0.25, 0.3) is 0 Å².